The molecule has 0 aliphatic carbocycles. The van der Waals surface area contributed by atoms with Gasteiger partial charge in [0, 0.05) is 11.6 Å². The summed E-state index contributed by atoms with van der Waals surface area (Å²) in [5.74, 6) is 0.216. The van der Waals surface area contributed by atoms with E-state index in [1.807, 2.05) is 0 Å². The maximum absolute atomic E-state index is 12.3. The summed E-state index contributed by atoms with van der Waals surface area (Å²) in [4.78, 5) is 3.68. The van der Waals surface area contributed by atoms with Crippen molar-refractivity contribution in [1.29, 1.82) is 0 Å². The van der Waals surface area contributed by atoms with Crippen LogP contribution in [0.4, 0.5) is 8.78 Å². The minimum atomic E-state index is -2.62. The maximum atomic E-state index is 12.3. The third-order valence-corrected chi connectivity index (χ3v) is 1.58. The van der Waals surface area contributed by atoms with E-state index < -0.39 is 13.0 Å². The van der Waals surface area contributed by atoms with Crippen LogP contribution in [0.25, 0.3) is 0 Å². The number of aliphatic hydroxyl groups excluding tert-OH is 1. The summed E-state index contributed by atoms with van der Waals surface area (Å²) < 4.78 is 29.2. The summed E-state index contributed by atoms with van der Waals surface area (Å²) in [6.45, 7) is -0.517. The Labute approximate surface area is 74.0 Å². The molecule has 1 aromatic rings. The molecule has 0 spiro atoms. The van der Waals surface area contributed by atoms with Crippen LogP contribution in [-0.4, -0.2) is 17.2 Å². The molecule has 1 aromatic heterocycles. The van der Waals surface area contributed by atoms with Crippen LogP contribution in [0.5, 0.6) is 5.88 Å². The number of nitrogens with zero attached hydrogens (tertiary/aromatic N) is 1. The van der Waals surface area contributed by atoms with Crippen LogP contribution in [0.3, 0.4) is 0 Å². The van der Waals surface area contributed by atoms with Gasteiger partial charge in [0.1, 0.15) is 0 Å². The number of halogens is 2. The lowest BCUT2D eigenvalue weighted by Gasteiger charge is -2.06. The number of ether oxygens (including phenoxy) is 1. The second kappa shape index (κ2) is 4.13. The van der Waals surface area contributed by atoms with Crippen LogP contribution in [-0.2, 0) is 6.61 Å². The zero-order valence-corrected chi connectivity index (χ0v) is 7.00. The molecule has 1 rings (SSSR count). The predicted molar refractivity (Wildman–Crippen MR) is 41.7 cm³/mol. The Kier molecular flexibility index (Phi) is 3.13. The van der Waals surface area contributed by atoms with Gasteiger partial charge in [-0.1, -0.05) is 0 Å². The number of methoxy groups -OCH3 is 1. The first-order valence-electron chi connectivity index (χ1n) is 3.62. The third kappa shape index (κ3) is 2.12. The summed E-state index contributed by atoms with van der Waals surface area (Å²) in [5, 5.41) is 8.74. The highest BCUT2D eigenvalue weighted by Gasteiger charge is 2.14. The number of rotatable bonds is 3. The largest absolute Gasteiger partial charge is 0.481 e. The van der Waals surface area contributed by atoms with E-state index >= 15 is 0 Å². The Balaban J connectivity index is 3.08. The first-order valence-corrected chi connectivity index (χ1v) is 3.62. The second-order valence-corrected chi connectivity index (χ2v) is 2.35. The Morgan fingerprint density at radius 2 is 2.23 bits per heavy atom. The number of hydrogen-bond acceptors (Lipinski definition) is 3. The number of hydrogen-bond donors (Lipinski definition) is 1. The minimum absolute atomic E-state index is 0.0469. The van der Waals surface area contributed by atoms with Crippen molar-refractivity contribution in [2.45, 2.75) is 13.0 Å². The zero-order valence-electron chi connectivity index (χ0n) is 7.00. The van der Waals surface area contributed by atoms with Gasteiger partial charge in [0.15, 0.2) is 0 Å². The summed E-state index contributed by atoms with van der Waals surface area (Å²) >= 11 is 0. The molecule has 0 unspecified atom stereocenters. The van der Waals surface area contributed by atoms with Crippen LogP contribution < -0.4 is 4.74 Å². The van der Waals surface area contributed by atoms with E-state index in [9.17, 15) is 8.78 Å². The Hall–Kier alpha value is -1.23. The normalized spacial score (nSPS) is 10.5. The molecule has 3 nitrogen and oxygen atoms in total. The molecular weight excluding hydrogens is 180 g/mol. The lowest BCUT2D eigenvalue weighted by Crippen LogP contribution is -2.00. The first-order chi connectivity index (χ1) is 6.19. The van der Waals surface area contributed by atoms with Crippen molar-refractivity contribution >= 4 is 0 Å². The van der Waals surface area contributed by atoms with Gasteiger partial charge in [-0.15, -0.1) is 0 Å². The SMILES string of the molecule is COc1ccc(C(F)F)c(CO)n1. The van der Waals surface area contributed by atoms with Gasteiger partial charge in [-0.05, 0) is 6.07 Å². The molecule has 72 valence electrons. The summed E-state index contributed by atoms with van der Waals surface area (Å²) in [7, 11) is 1.38. The van der Waals surface area contributed by atoms with E-state index in [2.05, 4.69) is 4.98 Å². The highest BCUT2D eigenvalue weighted by Crippen LogP contribution is 2.23. The topological polar surface area (TPSA) is 42.4 Å². The molecule has 0 saturated heterocycles. The second-order valence-electron chi connectivity index (χ2n) is 2.35. The van der Waals surface area contributed by atoms with Gasteiger partial charge in [-0.3, -0.25) is 0 Å². The van der Waals surface area contributed by atoms with E-state index in [0.717, 1.165) is 0 Å². The molecule has 0 radical (unpaired) electrons. The van der Waals surface area contributed by atoms with Gasteiger partial charge < -0.3 is 9.84 Å². The van der Waals surface area contributed by atoms with Crippen molar-refractivity contribution in [3.8, 4) is 5.88 Å². The van der Waals surface area contributed by atoms with Gasteiger partial charge in [-0.25, -0.2) is 13.8 Å². The average molecular weight is 189 g/mol. The fraction of sp³-hybridized carbons (Fsp3) is 0.375. The van der Waals surface area contributed by atoms with Crippen molar-refractivity contribution in [2.75, 3.05) is 7.11 Å². The van der Waals surface area contributed by atoms with Crippen LogP contribution >= 0.6 is 0 Å². The number of alkyl halides is 2. The molecule has 13 heavy (non-hydrogen) atoms. The van der Waals surface area contributed by atoms with Crippen molar-refractivity contribution < 1.29 is 18.6 Å². The van der Waals surface area contributed by atoms with E-state index in [1.165, 1.54) is 19.2 Å². The predicted octanol–water partition coefficient (Wildman–Crippen LogP) is 1.52. The monoisotopic (exact) mass is 189 g/mol. The van der Waals surface area contributed by atoms with Crippen LogP contribution in [0.15, 0.2) is 12.1 Å². The Morgan fingerprint density at radius 3 is 2.69 bits per heavy atom. The van der Waals surface area contributed by atoms with Crippen LogP contribution in [0.1, 0.15) is 17.7 Å². The van der Waals surface area contributed by atoms with E-state index in [-0.39, 0.29) is 17.1 Å². The van der Waals surface area contributed by atoms with E-state index in [1.54, 1.807) is 0 Å². The fourth-order valence-corrected chi connectivity index (χ4v) is 0.931. The molecule has 0 fully saturated rings. The third-order valence-electron chi connectivity index (χ3n) is 1.58. The molecule has 0 amide bonds. The van der Waals surface area contributed by atoms with E-state index in [4.69, 9.17) is 9.84 Å². The summed E-state index contributed by atoms with van der Waals surface area (Å²) in [6, 6.07) is 2.53. The molecule has 5 heteroatoms. The molecule has 0 aromatic carbocycles. The van der Waals surface area contributed by atoms with Gasteiger partial charge in [0.05, 0.1) is 19.4 Å². The van der Waals surface area contributed by atoms with Crippen molar-refractivity contribution in [1.82, 2.24) is 4.98 Å². The highest BCUT2D eigenvalue weighted by atomic mass is 19.3. The highest BCUT2D eigenvalue weighted by molar-refractivity contribution is 5.26. The van der Waals surface area contributed by atoms with Crippen LogP contribution in [0, 0.1) is 0 Å². The fourth-order valence-electron chi connectivity index (χ4n) is 0.931. The molecule has 1 heterocycles. The van der Waals surface area contributed by atoms with E-state index in [0.29, 0.717) is 0 Å². The lowest BCUT2D eigenvalue weighted by atomic mass is 10.2. The molecule has 0 saturated carbocycles. The quantitative estimate of drug-likeness (QED) is 0.783. The van der Waals surface area contributed by atoms with Gasteiger partial charge in [0.2, 0.25) is 5.88 Å². The smallest absolute Gasteiger partial charge is 0.265 e. The van der Waals surface area contributed by atoms with Gasteiger partial charge in [-0.2, -0.15) is 0 Å². The van der Waals surface area contributed by atoms with Crippen molar-refractivity contribution in [3.63, 3.8) is 0 Å². The molecular formula is C8H9F2NO2. The molecule has 0 aliphatic rings. The van der Waals surface area contributed by atoms with Crippen molar-refractivity contribution in [2.24, 2.45) is 0 Å². The number of pyridine rings is 1. The Bertz CT molecular complexity index is 291. The summed E-state index contributed by atoms with van der Waals surface area (Å²) in [5.41, 5.74) is -0.308. The molecule has 0 atom stereocenters. The zero-order chi connectivity index (χ0) is 9.84. The molecule has 0 bridgehead atoms. The standard InChI is InChI=1S/C8H9F2NO2/c1-13-7-3-2-5(8(9)10)6(4-12)11-7/h2-3,8,12H,4H2,1H3. The number of aromatic nitrogens is 1. The number of aliphatic hydroxyl groups is 1. The molecule has 0 aliphatic heterocycles. The Morgan fingerprint density at radius 1 is 1.54 bits per heavy atom. The van der Waals surface area contributed by atoms with Crippen LogP contribution in [0.2, 0.25) is 0 Å². The maximum Gasteiger partial charge on any atom is 0.265 e. The molecule has 1 N–H and O–H groups in total. The first kappa shape index (κ1) is 9.85. The van der Waals surface area contributed by atoms with Gasteiger partial charge in [0.25, 0.3) is 6.43 Å². The minimum Gasteiger partial charge on any atom is -0.481 e. The summed E-state index contributed by atoms with van der Waals surface area (Å²) in [6.07, 6.45) is -2.62. The average Bonchev–Trinajstić information content (AvgIpc) is 2.16. The van der Waals surface area contributed by atoms with Crippen molar-refractivity contribution in [3.05, 3.63) is 23.4 Å². The lowest BCUT2D eigenvalue weighted by molar-refractivity contribution is 0.145. The van der Waals surface area contributed by atoms with Gasteiger partial charge >= 0.3 is 0 Å².